The van der Waals surface area contributed by atoms with Gasteiger partial charge in [0.1, 0.15) is 11.3 Å². The van der Waals surface area contributed by atoms with Crippen molar-refractivity contribution >= 4 is 22.8 Å². The number of carbonyl (C=O) groups excluding carboxylic acids is 1. The minimum atomic E-state index is -0.102. The van der Waals surface area contributed by atoms with E-state index in [1.807, 2.05) is 72.8 Å². The van der Waals surface area contributed by atoms with Crippen molar-refractivity contribution in [3.8, 4) is 16.9 Å². The maximum absolute atomic E-state index is 13.2. The van der Waals surface area contributed by atoms with Gasteiger partial charge in [0.05, 0.1) is 6.61 Å². The highest BCUT2D eigenvalue weighted by molar-refractivity contribution is 6.06. The number of amides is 1. The third-order valence-corrected chi connectivity index (χ3v) is 5.66. The van der Waals surface area contributed by atoms with Crippen molar-refractivity contribution in [2.24, 2.45) is 0 Å². The molecular formula is C27H23N5O2. The Morgan fingerprint density at radius 1 is 0.941 bits per heavy atom. The second-order valence-corrected chi connectivity index (χ2v) is 7.93. The molecule has 0 saturated heterocycles. The largest absolute Gasteiger partial charge is 0.493 e. The highest BCUT2D eigenvalue weighted by Crippen LogP contribution is 2.24. The van der Waals surface area contributed by atoms with Crippen molar-refractivity contribution in [2.45, 2.75) is 6.42 Å². The molecule has 0 saturated carbocycles. The van der Waals surface area contributed by atoms with Gasteiger partial charge < -0.3 is 9.64 Å². The summed E-state index contributed by atoms with van der Waals surface area (Å²) in [7, 11) is 1.77. The van der Waals surface area contributed by atoms with Gasteiger partial charge in [-0.25, -0.2) is 10.1 Å². The lowest BCUT2D eigenvalue weighted by atomic mass is 10.0. The predicted molar refractivity (Wildman–Crippen MR) is 132 cm³/mol. The summed E-state index contributed by atoms with van der Waals surface area (Å²) in [5.41, 5.74) is 5.68. The molecule has 0 atom stereocenters. The zero-order chi connectivity index (χ0) is 23.3. The number of carbonyl (C=O) groups is 1. The van der Waals surface area contributed by atoms with Gasteiger partial charge in [0, 0.05) is 36.5 Å². The molecule has 0 aliphatic rings. The number of nitrogens with one attached hydrogen (secondary N) is 1. The third-order valence-electron chi connectivity index (χ3n) is 5.66. The van der Waals surface area contributed by atoms with Crippen LogP contribution in [0.4, 0.5) is 5.69 Å². The molecule has 5 rings (SSSR count). The van der Waals surface area contributed by atoms with Crippen molar-refractivity contribution in [1.29, 1.82) is 0 Å². The molecule has 0 bridgehead atoms. The number of pyridine rings is 1. The number of aromatic nitrogens is 4. The second-order valence-electron chi connectivity index (χ2n) is 7.93. The first kappa shape index (κ1) is 21.3. The predicted octanol–water partition coefficient (Wildman–Crippen LogP) is 4.92. The van der Waals surface area contributed by atoms with Crippen LogP contribution in [-0.2, 0) is 6.42 Å². The summed E-state index contributed by atoms with van der Waals surface area (Å²) in [6.07, 6.45) is 2.59. The minimum Gasteiger partial charge on any atom is -0.493 e. The molecule has 5 aromatic rings. The van der Waals surface area contributed by atoms with Gasteiger partial charge in [-0.2, -0.15) is 0 Å². The number of ether oxygens (including phenoxy) is 1. The summed E-state index contributed by atoms with van der Waals surface area (Å²) in [4.78, 5) is 19.1. The third kappa shape index (κ3) is 4.63. The first-order chi connectivity index (χ1) is 16.7. The fraction of sp³-hybridized carbons (Fsp3) is 0.111. The van der Waals surface area contributed by atoms with Crippen LogP contribution in [0.25, 0.3) is 22.3 Å². The Bertz CT molecular complexity index is 1410. The van der Waals surface area contributed by atoms with Crippen molar-refractivity contribution in [2.75, 3.05) is 18.6 Å². The fourth-order valence-electron chi connectivity index (χ4n) is 3.74. The molecule has 0 unspecified atom stereocenters. The van der Waals surface area contributed by atoms with E-state index < -0.39 is 0 Å². The number of anilines is 1. The quantitative estimate of drug-likeness (QED) is 0.381. The summed E-state index contributed by atoms with van der Waals surface area (Å²) in [6.45, 7) is 0.597. The van der Waals surface area contributed by atoms with Gasteiger partial charge in [-0.15, -0.1) is 5.10 Å². The normalized spacial score (nSPS) is 10.9. The van der Waals surface area contributed by atoms with E-state index in [4.69, 9.17) is 4.74 Å². The molecule has 3 aromatic carbocycles. The van der Waals surface area contributed by atoms with E-state index in [0.29, 0.717) is 23.3 Å². The Kier molecular flexibility index (Phi) is 5.99. The number of hydrogen-bond acceptors (Lipinski definition) is 5. The van der Waals surface area contributed by atoms with Crippen LogP contribution in [0, 0.1) is 0 Å². The lowest BCUT2D eigenvalue weighted by molar-refractivity contribution is 0.0993. The van der Waals surface area contributed by atoms with E-state index in [1.165, 1.54) is 5.56 Å². The molecule has 1 amide bonds. The summed E-state index contributed by atoms with van der Waals surface area (Å²) >= 11 is 0. The smallest absolute Gasteiger partial charge is 0.258 e. The molecule has 1 N–H and O–H groups in total. The van der Waals surface area contributed by atoms with E-state index in [1.54, 1.807) is 18.1 Å². The molecule has 2 heterocycles. The molecule has 0 radical (unpaired) electrons. The van der Waals surface area contributed by atoms with Crippen LogP contribution < -0.4 is 9.64 Å². The Morgan fingerprint density at radius 3 is 2.59 bits per heavy atom. The van der Waals surface area contributed by atoms with E-state index in [0.717, 1.165) is 29.0 Å². The lowest BCUT2D eigenvalue weighted by Gasteiger charge is -2.18. The molecule has 7 heteroatoms. The minimum absolute atomic E-state index is 0.102. The lowest BCUT2D eigenvalue weighted by Crippen LogP contribution is -2.26. The molecule has 7 nitrogen and oxygen atoms in total. The first-order valence-electron chi connectivity index (χ1n) is 11.0. The van der Waals surface area contributed by atoms with Crippen LogP contribution in [0.5, 0.6) is 5.75 Å². The van der Waals surface area contributed by atoms with Crippen LogP contribution in [0.2, 0.25) is 0 Å². The topological polar surface area (TPSA) is 84.0 Å². The van der Waals surface area contributed by atoms with E-state index in [2.05, 4.69) is 32.5 Å². The SMILES string of the molecule is CN(C(=O)c1cccc(-c2cnc3[nH]nnc3c2)c1)c1ccc(OCCc2ccccc2)cc1. The molecular weight excluding hydrogens is 426 g/mol. The highest BCUT2D eigenvalue weighted by atomic mass is 16.5. The Morgan fingerprint density at radius 2 is 1.76 bits per heavy atom. The van der Waals surface area contributed by atoms with Gasteiger partial charge >= 0.3 is 0 Å². The summed E-state index contributed by atoms with van der Waals surface area (Å²) in [6, 6.07) is 27.2. The Balaban J connectivity index is 1.26. The van der Waals surface area contributed by atoms with Gasteiger partial charge in [-0.1, -0.05) is 47.7 Å². The van der Waals surface area contributed by atoms with Crippen LogP contribution in [0.15, 0.2) is 91.1 Å². The average molecular weight is 450 g/mol. The van der Waals surface area contributed by atoms with Crippen molar-refractivity contribution in [1.82, 2.24) is 20.4 Å². The van der Waals surface area contributed by atoms with Gasteiger partial charge in [-0.05, 0) is 53.6 Å². The number of H-pyrrole nitrogens is 1. The maximum Gasteiger partial charge on any atom is 0.258 e. The van der Waals surface area contributed by atoms with Gasteiger partial charge in [0.2, 0.25) is 0 Å². The standard InChI is InChI=1S/C27H23N5O2/c1-32(23-10-12-24(13-11-23)34-15-14-19-6-3-2-4-7-19)27(33)21-9-5-8-20(16-21)22-17-25-26(28-18-22)30-31-29-25/h2-13,16-18H,14-15H2,1H3,(H,28,29,30,31). The van der Waals surface area contributed by atoms with Crippen LogP contribution in [0.1, 0.15) is 15.9 Å². The number of rotatable bonds is 7. The zero-order valence-corrected chi connectivity index (χ0v) is 18.7. The summed E-state index contributed by atoms with van der Waals surface area (Å²) < 4.78 is 5.86. The molecule has 0 aliphatic heterocycles. The molecule has 0 aliphatic carbocycles. The number of nitrogens with zero attached hydrogens (tertiary/aromatic N) is 4. The summed E-state index contributed by atoms with van der Waals surface area (Å²) in [5, 5.41) is 10.5. The molecule has 0 spiro atoms. The highest BCUT2D eigenvalue weighted by Gasteiger charge is 2.15. The summed E-state index contributed by atoms with van der Waals surface area (Å²) in [5.74, 6) is 0.674. The Labute approximate surface area is 197 Å². The Hall–Kier alpha value is -4.52. The van der Waals surface area contributed by atoms with Crippen molar-refractivity contribution in [3.63, 3.8) is 0 Å². The monoisotopic (exact) mass is 449 g/mol. The van der Waals surface area contributed by atoms with Crippen molar-refractivity contribution in [3.05, 3.63) is 102 Å². The molecule has 34 heavy (non-hydrogen) atoms. The van der Waals surface area contributed by atoms with Crippen LogP contribution in [-0.4, -0.2) is 40.0 Å². The zero-order valence-electron chi connectivity index (χ0n) is 18.7. The number of hydrogen-bond donors (Lipinski definition) is 1. The van der Waals surface area contributed by atoms with Gasteiger partial charge in [0.15, 0.2) is 5.65 Å². The van der Waals surface area contributed by atoms with Crippen LogP contribution in [0.3, 0.4) is 0 Å². The van der Waals surface area contributed by atoms with E-state index in [-0.39, 0.29) is 5.91 Å². The number of benzene rings is 3. The number of aromatic amines is 1. The average Bonchev–Trinajstić information content (AvgIpc) is 3.37. The van der Waals surface area contributed by atoms with Gasteiger partial charge in [-0.3, -0.25) is 4.79 Å². The molecule has 0 fully saturated rings. The van der Waals surface area contributed by atoms with E-state index in [9.17, 15) is 4.79 Å². The molecule has 2 aromatic heterocycles. The fourth-order valence-corrected chi connectivity index (χ4v) is 3.74. The maximum atomic E-state index is 13.2. The van der Waals surface area contributed by atoms with Crippen LogP contribution >= 0.6 is 0 Å². The first-order valence-corrected chi connectivity index (χ1v) is 11.0. The molecule has 168 valence electrons. The number of fused-ring (bicyclic) bond motifs is 1. The van der Waals surface area contributed by atoms with Gasteiger partial charge in [0.25, 0.3) is 5.91 Å². The van der Waals surface area contributed by atoms with Crippen molar-refractivity contribution < 1.29 is 9.53 Å². The van der Waals surface area contributed by atoms with E-state index >= 15 is 0 Å². The second kappa shape index (κ2) is 9.54.